The summed E-state index contributed by atoms with van der Waals surface area (Å²) in [6.07, 6.45) is -0.585. The third kappa shape index (κ3) is 4.56. The number of aromatic nitrogens is 4. The van der Waals surface area contributed by atoms with Crippen LogP contribution >= 0.6 is 11.8 Å². The maximum Gasteiger partial charge on any atom is 0.209 e. The normalized spacial score (nSPS) is 13.0. The molecule has 1 aromatic rings. The summed E-state index contributed by atoms with van der Waals surface area (Å²) in [6.45, 7) is 0.416. The van der Waals surface area contributed by atoms with Gasteiger partial charge in [0, 0.05) is 12.8 Å². The van der Waals surface area contributed by atoms with Crippen LogP contribution in [-0.4, -0.2) is 62.1 Å². The molecule has 0 saturated heterocycles. The molecule has 0 fully saturated rings. The molecule has 0 aromatic carbocycles. The van der Waals surface area contributed by atoms with Crippen molar-refractivity contribution in [3.63, 3.8) is 0 Å². The summed E-state index contributed by atoms with van der Waals surface area (Å²) in [6, 6.07) is 0. The Morgan fingerprint density at radius 2 is 2.40 bits per heavy atom. The van der Waals surface area contributed by atoms with E-state index in [1.165, 1.54) is 16.4 Å². The zero-order chi connectivity index (χ0) is 11.1. The molecule has 1 atom stereocenters. The Hall–Kier alpha value is -0.700. The van der Waals surface area contributed by atoms with Crippen LogP contribution in [0.15, 0.2) is 5.16 Å². The van der Waals surface area contributed by atoms with Crippen molar-refractivity contribution in [3.05, 3.63) is 0 Å². The molecule has 0 spiro atoms. The monoisotopic (exact) mass is 234 g/mol. The zero-order valence-corrected chi connectivity index (χ0v) is 9.22. The second kappa shape index (κ2) is 6.72. The molecular weight excluding hydrogens is 220 g/mol. The fourth-order valence-corrected chi connectivity index (χ4v) is 1.60. The Morgan fingerprint density at radius 3 is 3.00 bits per heavy atom. The van der Waals surface area contributed by atoms with Crippen LogP contribution in [-0.2, 0) is 11.8 Å². The minimum Gasteiger partial charge on any atom is -0.394 e. The molecule has 86 valence electrons. The van der Waals surface area contributed by atoms with Gasteiger partial charge < -0.3 is 14.9 Å². The molecule has 0 bridgehead atoms. The standard InChI is InChI=1S/C7H14N4O3S/c1-11-7(8-9-10-11)15-5-6(13)4-14-3-2-12/h6,12-13H,2-5H2,1H3. The average Bonchev–Trinajstić information content (AvgIpc) is 2.61. The molecule has 1 heterocycles. The Morgan fingerprint density at radius 1 is 1.60 bits per heavy atom. The topological polar surface area (TPSA) is 93.3 Å². The van der Waals surface area contributed by atoms with Gasteiger partial charge in [0.15, 0.2) is 0 Å². The van der Waals surface area contributed by atoms with E-state index < -0.39 is 6.10 Å². The molecule has 2 N–H and O–H groups in total. The summed E-state index contributed by atoms with van der Waals surface area (Å²) in [5, 5.41) is 29.5. The molecule has 0 saturated carbocycles. The van der Waals surface area contributed by atoms with Crippen molar-refractivity contribution in [2.24, 2.45) is 7.05 Å². The van der Waals surface area contributed by atoms with E-state index in [0.29, 0.717) is 10.9 Å². The number of ether oxygens (including phenoxy) is 1. The van der Waals surface area contributed by atoms with Crippen molar-refractivity contribution >= 4 is 11.8 Å². The summed E-state index contributed by atoms with van der Waals surface area (Å²) >= 11 is 1.35. The molecular formula is C7H14N4O3S. The van der Waals surface area contributed by atoms with Gasteiger partial charge in [-0.3, -0.25) is 0 Å². The number of tetrazole rings is 1. The van der Waals surface area contributed by atoms with Gasteiger partial charge >= 0.3 is 0 Å². The summed E-state index contributed by atoms with van der Waals surface area (Å²) in [5.41, 5.74) is 0. The van der Waals surface area contributed by atoms with E-state index in [2.05, 4.69) is 15.5 Å². The largest absolute Gasteiger partial charge is 0.394 e. The predicted molar refractivity (Wildman–Crippen MR) is 53.4 cm³/mol. The lowest BCUT2D eigenvalue weighted by Crippen LogP contribution is -2.19. The highest BCUT2D eigenvalue weighted by Gasteiger charge is 2.08. The first kappa shape index (κ1) is 12.4. The highest BCUT2D eigenvalue weighted by Crippen LogP contribution is 2.13. The third-order valence-electron chi connectivity index (χ3n) is 1.53. The molecule has 0 aliphatic heterocycles. The van der Waals surface area contributed by atoms with Crippen molar-refractivity contribution < 1.29 is 14.9 Å². The molecule has 8 heteroatoms. The minimum absolute atomic E-state index is 0.0347. The van der Waals surface area contributed by atoms with Crippen molar-refractivity contribution in [3.8, 4) is 0 Å². The Kier molecular flexibility index (Phi) is 5.54. The van der Waals surface area contributed by atoms with Gasteiger partial charge in [0.1, 0.15) is 0 Å². The fraction of sp³-hybridized carbons (Fsp3) is 0.857. The number of aliphatic hydroxyl groups excluding tert-OH is 2. The van der Waals surface area contributed by atoms with E-state index in [1.54, 1.807) is 7.05 Å². The van der Waals surface area contributed by atoms with E-state index in [1.807, 2.05) is 0 Å². The first-order valence-electron chi connectivity index (χ1n) is 4.46. The van der Waals surface area contributed by atoms with Gasteiger partial charge in [-0.2, -0.15) is 0 Å². The second-order valence-corrected chi connectivity index (χ2v) is 3.84. The van der Waals surface area contributed by atoms with Crippen LogP contribution in [0.2, 0.25) is 0 Å². The number of thioether (sulfide) groups is 1. The SMILES string of the molecule is Cn1nnnc1SCC(O)COCCO. The lowest BCUT2D eigenvalue weighted by atomic mass is 10.4. The summed E-state index contributed by atoms with van der Waals surface area (Å²) < 4.78 is 6.51. The van der Waals surface area contributed by atoms with Crippen LogP contribution in [0, 0.1) is 0 Å². The lowest BCUT2D eigenvalue weighted by Gasteiger charge is -2.09. The predicted octanol–water partition coefficient (Wildman–Crippen LogP) is -1.33. The Labute approximate surface area is 91.4 Å². The number of aliphatic hydroxyl groups is 2. The van der Waals surface area contributed by atoms with Gasteiger partial charge in [-0.15, -0.1) is 5.10 Å². The summed E-state index contributed by atoms with van der Waals surface area (Å²) in [5.74, 6) is 0.458. The Bertz CT molecular complexity index is 283. The number of nitrogens with zero attached hydrogens (tertiary/aromatic N) is 4. The van der Waals surface area contributed by atoms with Gasteiger partial charge in [0.2, 0.25) is 5.16 Å². The van der Waals surface area contributed by atoms with Crippen LogP contribution in [0.25, 0.3) is 0 Å². The summed E-state index contributed by atoms with van der Waals surface area (Å²) in [4.78, 5) is 0. The first-order valence-corrected chi connectivity index (χ1v) is 5.44. The van der Waals surface area contributed by atoms with Crippen molar-refractivity contribution in [1.29, 1.82) is 0 Å². The number of hydrogen-bond donors (Lipinski definition) is 2. The maximum atomic E-state index is 9.46. The molecule has 0 amide bonds. The lowest BCUT2D eigenvalue weighted by molar-refractivity contribution is 0.0311. The van der Waals surface area contributed by atoms with Crippen molar-refractivity contribution in [2.45, 2.75) is 11.3 Å². The molecule has 0 radical (unpaired) electrons. The number of hydrogen-bond acceptors (Lipinski definition) is 7. The average molecular weight is 234 g/mol. The van der Waals surface area contributed by atoms with Crippen LogP contribution in [0.4, 0.5) is 0 Å². The van der Waals surface area contributed by atoms with Crippen LogP contribution in [0.3, 0.4) is 0 Å². The highest BCUT2D eigenvalue weighted by molar-refractivity contribution is 7.99. The van der Waals surface area contributed by atoms with Gasteiger partial charge in [-0.25, -0.2) is 4.68 Å². The van der Waals surface area contributed by atoms with Crippen LogP contribution in [0.5, 0.6) is 0 Å². The smallest absolute Gasteiger partial charge is 0.209 e. The molecule has 1 aromatic heterocycles. The Balaban J connectivity index is 2.16. The quantitative estimate of drug-likeness (QED) is 0.446. The first-order chi connectivity index (χ1) is 7.24. The molecule has 15 heavy (non-hydrogen) atoms. The molecule has 0 aliphatic carbocycles. The van der Waals surface area contributed by atoms with E-state index in [-0.39, 0.29) is 19.8 Å². The van der Waals surface area contributed by atoms with Gasteiger partial charge in [0.05, 0.1) is 25.9 Å². The van der Waals surface area contributed by atoms with Crippen molar-refractivity contribution in [2.75, 3.05) is 25.6 Å². The van der Waals surface area contributed by atoms with E-state index in [9.17, 15) is 5.11 Å². The van der Waals surface area contributed by atoms with E-state index >= 15 is 0 Å². The molecule has 1 rings (SSSR count). The van der Waals surface area contributed by atoms with Crippen LogP contribution < -0.4 is 0 Å². The number of rotatable bonds is 7. The van der Waals surface area contributed by atoms with Gasteiger partial charge in [-0.1, -0.05) is 11.8 Å². The van der Waals surface area contributed by atoms with E-state index in [0.717, 1.165) is 0 Å². The molecule has 7 nitrogen and oxygen atoms in total. The maximum absolute atomic E-state index is 9.46. The molecule has 1 unspecified atom stereocenters. The highest BCUT2D eigenvalue weighted by atomic mass is 32.2. The third-order valence-corrected chi connectivity index (χ3v) is 2.69. The van der Waals surface area contributed by atoms with Crippen LogP contribution in [0.1, 0.15) is 0 Å². The summed E-state index contributed by atoms with van der Waals surface area (Å²) in [7, 11) is 1.73. The van der Waals surface area contributed by atoms with Gasteiger partial charge in [0.25, 0.3) is 0 Å². The number of aryl methyl sites for hydroxylation is 1. The van der Waals surface area contributed by atoms with Gasteiger partial charge in [-0.05, 0) is 10.4 Å². The van der Waals surface area contributed by atoms with Crippen molar-refractivity contribution in [1.82, 2.24) is 20.2 Å². The molecule has 0 aliphatic rings. The second-order valence-electron chi connectivity index (χ2n) is 2.85. The fourth-order valence-electron chi connectivity index (χ4n) is 0.846. The minimum atomic E-state index is -0.585. The zero-order valence-electron chi connectivity index (χ0n) is 8.41. The van der Waals surface area contributed by atoms with E-state index in [4.69, 9.17) is 9.84 Å².